The molecular weight excluding hydrogens is 396 g/mol. The van der Waals surface area contributed by atoms with Gasteiger partial charge in [-0.3, -0.25) is 4.79 Å². The van der Waals surface area contributed by atoms with E-state index in [-0.39, 0.29) is 0 Å². The molecule has 31 heavy (non-hydrogen) atoms. The fourth-order valence-corrected chi connectivity index (χ4v) is 3.34. The van der Waals surface area contributed by atoms with Crippen LogP contribution in [0.25, 0.3) is 22.4 Å². The van der Waals surface area contributed by atoms with Crippen molar-refractivity contribution in [1.82, 2.24) is 9.97 Å². The highest BCUT2D eigenvalue weighted by Gasteiger charge is 2.20. The van der Waals surface area contributed by atoms with E-state index in [9.17, 15) is 4.79 Å². The van der Waals surface area contributed by atoms with Crippen LogP contribution >= 0.6 is 0 Å². The molecule has 2 heterocycles. The van der Waals surface area contributed by atoms with Crippen LogP contribution in [0.5, 0.6) is 11.5 Å². The maximum atomic E-state index is 11.3. The number of fused-ring (bicyclic) bond motifs is 3. The fourth-order valence-electron chi connectivity index (χ4n) is 3.34. The first-order valence-corrected chi connectivity index (χ1v) is 9.96. The Balaban J connectivity index is 1.62. The topological polar surface area (TPSA) is 109 Å². The number of benzene rings is 2. The number of hydrogen-bond acceptors (Lipinski definition) is 7. The minimum atomic E-state index is -0.718. The van der Waals surface area contributed by atoms with Crippen LogP contribution in [0, 0.1) is 0 Å². The molecular formula is C23H24N4O4. The first-order valence-electron chi connectivity index (χ1n) is 9.96. The van der Waals surface area contributed by atoms with Gasteiger partial charge in [-0.25, -0.2) is 9.97 Å². The van der Waals surface area contributed by atoms with E-state index in [1.807, 2.05) is 30.3 Å². The van der Waals surface area contributed by atoms with Gasteiger partial charge in [-0.1, -0.05) is 12.1 Å². The first-order chi connectivity index (χ1) is 15.0. The summed E-state index contributed by atoms with van der Waals surface area (Å²) in [5, 5.41) is 3.22. The van der Waals surface area contributed by atoms with Gasteiger partial charge in [0.1, 0.15) is 30.3 Å². The number of nitrogens with two attached hydrogens (primary N) is 1. The summed E-state index contributed by atoms with van der Waals surface area (Å²) in [5.41, 5.74) is 10.2. The zero-order valence-electron chi connectivity index (χ0n) is 17.4. The van der Waals surface area contributed by atoms with Gasteiger partial charge in [-0.15, -0.1) is 0 Å². The molecule has 8 heteroatoms. The number of carbonyl (C=O) groups excluding carboxylic acids is 1. The summed E-state index contributed by atoms with van der Waals surface area (Å²) in [7, 11) is 1.66. The monoisotopic (exact) mass is 420 g/mol. The van der Waals surface area contributed by atoms with Crippen LogP contribution in [-0.4, -0.2) is 42.2 Å². The molecule has 0 saturated heterocycles. The van der Waals surface area contributed by atoms with Gasteiger partial charge in [-0.05, 0) is 36.2 Å². The Hall–Kier alpha value is -3.65. The summed E-state index contributed by atoms with van der Waals surface area (Å²) >= 11 is 0. The Bertz CT molecular complexity index is 1100. The Labute approximate surface area is 180 Å². The number of anilines is 1. The van der Waals surface area contributed by atoms with Gasteiger partial charge in [0.25, 0.3) is 5.91 Å². The smallest absolute Gasteiger partial charge is 0.258 e. The lowest BCUT2D eigenvalue weighted by Gasteiger charge is -2.22. The second kappa shape index (κ2) is 9.01. The molecule has 1 aromatic heterocycles. The molecule has 0 saturated carbocycles. The molecule has 0 bridgehead atoms. The van der Waals surface area contributed by atoms with Crippen molar-refractivity contribution in [2.45, 2.75) is 19.6 Å². The van der Waals surface area contributed by atoms with Gasteiger partial charge >= 0.3 is 0 Å². The van der Waals surface area contributed by atoms with E-state index in [4.69, 9.17) is 19.9 Å². The van der Waals surface area contributed by atoms with E-state index in [1.54, 1.807) is 26.4 Å². The highest BCUT2D eigenvalue weighted by Crippen LogP contribution is 2.41. The molecule has 0 radical (unpaired) electrons. The van der Waals surface area contributed by atoms with Crippen molar-refractivity contribution in [1.29, 1.82) is 0 Å². The maximum Gasteiger partial charge on any atom is 0.258 e. The van der Waals surface area contributed by atoms with Gasteiger partial charge < -0.3 is 25.3 Å². The van der Waals surface area contributed by atoms with E-state index in [0.29, 0.717) is 31.3 Å². The highest BCUT2D eigenvalue weighted by atomic mass is 16.5. The number of aromatic nitrogens is 2. The number of nitrogens with one attached hydrogen (secondary N) is 1. The number of hydrogen-bond donors (Lipinski definition) is 2. The average Bonchev–Trinajstić information content (AvgIpc) is 2.78. The van der Waals surface area contributed by atoms with Gasteiger partial charge in [-0.2, -0.15) is 0 Å². The molecule has 0 aliphatic carbocycles. The number of nitrogens with zero attached hydrogens (tertiary/aromatic N) is 2. The van der Waals surface area contributed by atoms with Crippen LogP contribution in [0.2, 0.25) is 0 Å². The normalized spacial score (nSPS) is 12.8. The predicted molar refractivity (Wildman–Crippen MR) is 117 cm³/mol. The number of ether oxygens (including phenoxy) is 3. The third kappa shape index (κ3) is 4.59. The zero-order chi connectivity index (χ0) is 21.8. The van der Waals surface area contributed by atoms with E-state index in [2.05, 4.69) is 21.4 Å². The summed E-state index contributed by atoms with van der Waals surface area (Å²) in [6.45, 7) is 3.33. The second-order valence-electron chi connectivity index (χ2n) is 7.19. The lowest BCUT2D eigenvalue weighted by molar-refractivity contribution is -0.123. The van der Waals surface area contributed by atoms with Crippen molar-refractivity contribution in [2.24, 2.45) is 5.73 Å². The molecule has 0 spiro atoms. The third-order valence-corrected chi connectivity index (χ3v) is 5.02. The summed E-state index contributed by atoms with van der Waals surface area (Å²) in [6, 6.07) is 13.6. The molecule has 2 aromatic carbocycles. The molecule has 1 aliphatic heterocycles. The summed E-state index contributed by atoms with van der Waals surface area (Å²) in [4.78, 5) is 20.0. The van der Waals surface area contributed by atoms with Crippen molar-refractivity contribution >= 4 is 11.7 Å². The van der Waals surface area contributed by atoms with Gasteiger partial charge in [0.15, 0.2) is 6.10 Å². The van der Waals surface area contributed by atoms with Crippen molar-refractivity contribution in [3.63, 3.8) is 0 Å². The van der Waals surface area contributed by atoms with Crippen LogP contribution in [0.4, 0.5) is 5.82 Å². The van der Waals surface area contributed by atoms with Crippen molar-refractivity contribution < 1.29 is 19.0 Å². The quantitative estimate of drug-likeness (QED) is 0.539. The van der Waals surface area contributed by atoms with Gasteiger partial charge in [0.2, 0.25) is 0 Å². The lowest BCUT2D eigenvalue weighted by Crippen LogP contribution is -2.30. The number of carbonyl (C=O) groups is 1. The van der Waals surface area contributed by atoms with Crippen LogP contribution in [0.1, 0.15) is 12.5 Å². The molecule has 160 valence electrons. The molecule has 8 nitrogen and oxygen atoms in total. The third-order valence-electron chi connectivity index (χ3n) is 5.02. The highest BCUT2D eigenvalue weighted by molar-refractivity contribution is 5.81. The van der Waals surface area contributed by atoms with E-state index in [1.165, 1.54) is 0 Å². The largest absolute Gasteiger partial charge is 0.488 e. The van der Waals surface area contributed by atoms with Crippen LogP contribution < -0.4 is 20.5 Å². The van der Waals surface area contributed by atoms with Crippen LogP contribution in [0.15, 0.2) is 48.8 Å². The molecule has 0 fully saturated rings. The predicted octanol–water partition coefficient (Wildman–Crippen LogP) is 3.01. The molecule has 1 atom stereocenters. The standard InChI is InChI=1S/C23H24N4O4/c1-14(23(24)28)31-17-5-6-18-19-9-15(3-4-16(19)12-30-21(18)10-17)20-11-22(27-13-26-20)25-7-8-29-2/h3-6,9-11,13-14H,7-8,12H2,1-2H3,(H2,24,28)(H,25,26,27)/t14-/m0/s1. The van der Waals surface area contributed by atoms with Crippen LogP contribution in [-0.2, 0) is 16.1 Å². The summed E-state index contributed by atoms with van der Waals surface area (Å²) < 4.78 is 16.6. The van der Waals surface area contributed by atoms with Crippen molar-refractivity contribution in [2.75, 3.05) is 25.6 Å². The van der Waals surface area contributed by atoms with Crippen molar-refractivity contribution in [3.8, 4) is 33.9 Å². The fraction of sp³-hybridized carbons (Fsp3) is 0.261. The van der Waals surface area contributed by atoms with Crippen molar-refractivity contribution in [3.05, 3.63) is 54.4 Å². The summed E-state index contributed by atoms with van der Waals surface area (Å²) in [6.07, 6.45) is 0.829. The van der Waals surface area contributed by atoms with Gasteiger partial charge in [0, 0.05) is 36.9 Å². The Morgan fingerprint density at radius 1 is 1.19 bits per heavy atom. The zero-order valence-corrected chi connectivity index (χ0v) is 17.4. The van der Waals surface area contributed by atoms with Gasteiger partial charge in [0.05, 0.1) is 12.3 Å². The molecule has 3 N–H and O–H groups in total. The number of amides is 1. The van der Waals surface area contributed by atoms with E-state index >= 15 is 0 Å². The maximum absolute atomic E-state index is 11.3. The molecule has 3 aromatic rings. The Morgan fingerprint density at radius 2 is 2.06 bits per heavy atom. The number of rotatable bonds is 8. The number of methoxy groups -OCH3 is 1. The molecule has 1 amide bonds. The number of primary amides is 1. The average molecular weight is 420 g/mol. The minimum absolute atomic E-state index is 0.449. The van der Waals surface area contributed by atoms with E-state index in [0.717, 1.165) is 33.8 Å². The minimum Gasteiger partial charge on any atom is -0.488 e. The molecule has 0 unspecified atom stereocenters. The van der Waals surface area contributed by atoms with Crippen LogP contribution in [0.3, 0.4) is 0 Å². The Kier molecular flexibility index (Phi) is 5.99. The first kappa shape index (κ1) is 20.6. The Morgan fingerprint density at radius 3 is 2.87 bits per heavy atom. The summed E-state index contributed by atoms with van der Waals surface area (Å²) in [5.74, 6) is 1.46. The molecule has 1 aliphatic rings. The van der Waals surface area contributed by atoms with E-state index < -0.39 is 12.0 Å². The second-order valence-corrected chi connectivity index (χ2v) is 7.19. The SMILES string of the molecule is COCCNc1cc(-c2ccc3c(c2)-c2ccc(O[C@@H](C)C(N)=O)cc2OC3)ncn1. The lowest BCUT2D eigenvalue weighted by atomic mass is 9.94. The molecule has 4 rings (SSSR count).